The summed E-state index contributed by atoms with van der Waals surface area (Å²) in [5.74, 6) is -1.42. The number of rotatable bonds is 7. The molecule has 1 aromatic carbocycles. The van der Waals surface area contributed by atoms with Gasteiger partial charge in [-0.2, -0.15) is 0 Å². The molecule has 0 radical (unpaired) electrons. The SMILES string of the molecule is CC(OC(=O)C1CCCCCC1)[C@@H](C)OC(=O)[C@@H](N)Cc1ccc(O)c(O)c1. The molecule has 4 N–H and O–H groups in total. The van der Waals surface area contributed by atoms with E-state index in [-0.39, 0.29) is 29.8 Å². The van der Waals surface area contributed by atoms with Crippen LogP contribution in [0, 0.1) is 5.92 Å². The van der Waals surface area contributed by atoms with Gasteiger partial charge in [-0.3, -0.25) is 9.59 Å². The third-order valence-corrected chi connectivity index (χ3v) is 5.25. The highest BCUT2D eigenvalue weighted by Gasteiger charge is 2.28. The summed E-state index contributed by atoms with van der Waals surface area (Å²) in [6, 6.07) is 3.32. The van der Waals surface area contributed by atoms with Gasteiger partial charge in [0.05, 0.1) is 5.92 Å². The van der Waals surface area contributed by atoms with E-state index in [0.29, 0.717) is 5.56 Å². The zero-order valence-corrected chi connectivity index (χ0v) is 16.6. The molecule has 1 saturated carbocycles. The van der Waals surface area contributed by atoms with Crippen LogP contribution in [0.1, 0.15) is 57.9 Å². The van der Waals surface area contributed by atoms with E-state index >= 15 is 0 Å². The van der Waals surface area contributed by atoms with Crippen LogP contribution in [0.3, 0.4) is 0 Å². The Balaban J connectivity index is 1.82. The van der Waals surface area contributed by atoms with Crippen molar-refractivity contribution in [2.24, 2.45) is 11.7 Å². The van der Waals surface area contributed by atoms with Crippen LogP contribution >= 0.6 is 0 Å². The number of phenols is 2. The largest absolute Gasteiger partial charge is 0.504 e. The molecule has 7 heteroatoms. The molecule has 0 bridgehead atoms. The Bertz CT molecular complexity index is 669. The first-order chi connectivity index (χ1) is 13.3. The van der Waals surface area contributed by atoms with Crippen molar-refractivity contribution < 1.29 is 29.3 Å². The Morgan fingerprint density at radius 2 is 1.64 bits per heavy atom. The average molecular weight is 393 g/mol. The highest BCUT2D eigenvalue weighted by molar-refractivity contribution is 5.76. The number of hydrogen-bond acceptors (Lipinski definition) is 7. The average Bonchev–Trinajstić information content (AvgIpc) is 2.94. The van der Waals surface area contributed by atoms with Gasteiger partial charge in [0.25, 0.3) is 0 Å². The molecule has 0 aliphatic heterocycles. The number of esters is 2. The van der Waals surface area contributed by atoms with Crippen LogP contribution in [-0.4, -0.2) is 40.4 Å². The third kappa shape index (κ3) is 6.41. The Kier molecular flexibility index (Phi) is 8.11. The van der Waals surface area contributed by atoms with Gasteiger partial charge in [0.15, 0.2) is 11.5 Å². The van der Waals surface area contributed by atoms with Crippen LogP contribution in [0.25, 0.3) is 0 Å². The summed E-state index contributed by atoms with van der Waals surface area (Å²) >= 11 is 0. The van der Waals surface area contributed by atoms with Gasteiger partial charge in [0, 0.05) is 0 Å². The Hall–Kier alpha value is -2.28. The van der Waals surface area contributed by atoms with E-state index < -0.39 is 24.2 Å². The van der Waals surface area contributed by atoms with Gasteiger partial charge in [0.1, 0.15) is 18.2 Å². The smallest absolute Gasteiger partial charge is 0.323 e. The van der Waals surface area contributed by atoms with E-state index in [1.54, 1.807) is 19.9 Å². The highest BCUT2D eigenvalue weighted by Crippen LogP contribution is 2.26. The first-order valence-electron chi connectivity index (χ1n) is 9.95. The molecule has 2 rings (SSSR count). The van der Waals surface area contributed by atoms with E-state index in [0.717, 1.165) is 38.5 Å². The predicted molar refractivity (Wildman–Crippen MR) is 104 cm³/mol. The number of carbonyl (C=O) groups excluding carboxylic acids is 2. The molecule has 0 amide bonds. The molecule has 156 valence electrons. The Morgan fingerprint density at radius 1 is 1.04 bits per heavy atom. The van der Waals surface area contributed by atoms with Gasteiger partial charge >= 0.3 is 11.9 Å². The summed E-state index contributed by atoms with van der Waals surface area (Å²) in [5, 5.41) is 18.9. The zero-order valence-electron chi connectivity index (χ0n) is 16.6. The fraction of sp³-hybridized carbons (Fsp3) is 0.619. The number of aromatic hydroxyl groups is 2. The second-order valence-electron chi connectivity index (χ2n) is 7.61. The lowest BCUT2D eigenvalue weighted by Crippen LogP contribution is -2.40. The molecule has 1 aromatic rings. The molecular formula is C21H31NO6. The molecule has 1 aliphatic rings. The van der Waals surface area contributed by atoms with Gasteiger partial charge in [-0.05, 0) is 50.8 Å². The number of carbonyl (C=O) groups is 2. The summed E-state index contributed by atoms with van der Waals surface area (Å²) in [6.07, 6.45) is 5.06. The molecule has 3 atom stereocenters. The van der Waals surface area contributed by atoms with Gasteiger partial charge < -0.3 is 25.4 Å². The molecule has 0 heterocycles. The van der Waals surface area contributed by atoms with Crippen molar-refractivity contribution in [2.75, 3.05) is 0 Å². The van der Waals surface area contributed by atoms with Crippen LogP contribution in [-0.2, 0) is 25.5 Å². The van der Waals surface area contributed by atoms with E-state index in [4.69, 9.17) is 15.2 Å². The standard InChI is InChI=1S/C21H31NO6/c1-13(27-20(25)16-7-5-3-4-6-8-16)14(2)28-21(26)17(22)11-15-9-10-18(23)19(24)12-15/h9-10,12-14,16-17,23-24H,3-8,11,22H2,1-2H3/t13?,14-,17+/m1/s1. The minimum Gasteiger partial charge on any atom is -0.504 e. The maximum absolute atomic E-state index is 12.4. The monoisotopic (exact) mass is 393 g/mol. The van der Waals surface area contributed by atoms with E-state index in [1.807, 2.05) is 0 Å². The second kappa shape index (κ2) is 10.3. The first kappa shape index (κ1) is 22.0. The van der Waals surface area contributed by atoms with Gasteiger partial charge in [-0.1, -0.05) is 31.7 Å². The maximum Gasteiger partial charge on any atom is 0.323 e. The molecule has 1 fully saturated rings. The summed E-state index contributed by atoms with van der Waals surface area (Å²) < 4.78 is 10.9. The molecule has 1 unspecified atom stereocenters. The lowest BCUT2D eigenvalue weighted by molar-refractivity contribution is -0.169. The number of hydrogen-bond donors (Lipinski definition) is 3. The Labute approximate surface area is 165 Å². The molecule has 0 aromatic heterocycles. The number of ether oxygens (including phenoxy) is 2. The minimum absolute atomic E-state index is 0.0720. The summed E-state index contributed by atoms with van der Waals surface area (Å²) in [7, 11) is 0. The van der Waals surface area contributed by atoms with Crippen molar-refractivity contribution in [1.82, 2.24) is 0 Å². The zero-order chi connectivity index (χ0) is 20.7. The summed E-state index contributed by atoms with van der Waals surface area (Å²) in [4.78, 5) is 24.6. The molecule has 1 aliphatic carbocycles. The van der Waals surface area contributed by atoms with Crippen LogP contribution in [0.2, 0.25) is 0 Å². The Morgan fingerprint density at radius 3 is 2.25 bits per heavy atom. The molecular weight excluding hydrogens is 362 g/mol. The van der Waals surface area contributed by atoms with Crippen molar-refractivity contribution in [2.45, 2.75) is 77.0 Å². The van der Waals surface area contributed by atoms with Crippen molar-refractivity contribution in [3.8, 4) is 11.5 Å². The quantitative estimate of drug-likeness (QED) is 0.370. The lowest BCUT2D eigenvalue weighted by Gasteiger charge is -2.24. The highest BCUT2D eigenvalue weighted by atomic mass is 16.6. The van der Waals surface area contributed by atoms with Crippen LogP contribution < -0.4 is 5.73 Å². The number of nitrogens with two attached hydrogens (primary N) is 1. The van der Waals surface area contributed by atoms with Crippen molar-refractivity contribution >= 4 is 11.9 Å². The lowest BCUT2D eigenvalue weighted by atomic mass is 10.0. The summed E-state index contributed by atoms with van der Waals surface area (Å²) in [6.45, 7) is 3.37. The minimum atomic E-state index is -0.934. The normalized spacial score (nSPS) is 18.5. The second-order valence-corrected chi connectivity index (χ2v) is 7.61. The van der Waals surface area contributed by atoms with Crippen LogP contribution in [0.4, 0.5) is 0 Å². The molecule has 0 saturated heterocycles. The summed E-state index contributed by atoms with van der Waals surface area (Å²) in [5.41, 5.74) is 6.49. The van der Waals surface area contributed by atoms with Gasteiger partial charge in [-0.25, -0.2) is 0 Å². The first-order valence-corrected chi connectivity index (χ1v) is 9.95. The van der Waals surface area contributed by atoms with Crippen molar-refractivity contribution in [3.63, 3.8) is 0 Å². The van der Waals surface area contributed by atoms with Gasteiger partial charge in [0.2, 0.25) is 0 Å². The van der Waals surface area contributed by atoms with E-state index in [2.05, 4.69) is 0 Å². The number of benzene rings is 1. The topological polar surface area (TPSA) is 119 Å². The predicted octanol–water partition coefficient (Wildman–Crippen LogP) is 2.80. The fourth-order valence-corrected chi connectivity index (χ4v) is 3.29. The molecule has 7 nitrogen and oxygen atoms in total. The maximum atomic E-state index is 12.4. The molecule has 28 heavy (non-hydrogen) atoms. The van der Waals surface area contributed by atoms with Gasteiger partial charge in [-0.15, -0.1) is 0 Å². The van der Waals surface area contributed by atoms with Crippen LogP contribution in [0.5, 0.6) is 11.5 Å². The van der Waals surface area contributed by atoms with Crippen molar-refractivity contribution in [3.05, 3.63) is 23.8 Å². The van der Waals surface area contributed by atoms with E-state index in [9.17, 15) is 19.8 Å². The fourth-order valence-electron chi connectivity index (χ4n) is 3.29. The third-order valence-electron chi connectivity index (χ3n) is 5.25. The van der Waals surface area contributed by atoms with E-state index in [1.165, 1.54) is 12.1 Å². The van der Waals surface area contributed by atoms with Crippen molar-refractivity contribution in [1.29, 1.82) is 0 Å². The molecule has 0 spiro atoms. The number of phenolic OH excluding ortho intramolecular Hbond substituents is 2. The van der Waals surface area contributed by atoms with Crippen LogP contribution in [0.15, 0.2) is 18.2 Å².